The van der Waals surface area contributed by atoms with E-state index in [1.54, 1.807) is 12.4 Å². The van der Waals surface area contributed by atoms with Crippen LogP contribution in [0.15, 0.2) is 36.8 Å². The van der Waals surface area contributed by atoms with Crippen LogP contribution in [-0.2, 0) is 11.2 Å². The summed E-state index contributed by atoms with van der Waals surface area (Å²) in [5.41, 5.74) is 4.49. The van der Waals surface area contributed by atoms with Crippen LogP contribution >= 0.6 is 11.6 Å². The normalized spacial score (nSPS) is 21.3. The van der Waals surface area contributed by atoms with Gasteiger partial charge < -0.3 is 19.4 Å². The fourth-order valence-electron chi connectivity index (χ4n) is 5.06. The van der Waals surface area contributed by atoms with E-state index in [-0.39, 0.29) is 6.10 Å². The van der Waals surface area contributed by atoms with Gasteiger partial charge in [0.05, 0.1) is 30.4 Å². The lowest BCUT2D eigenvalue weighted by Crippen LogP contribution is -2.36. The summed E-state index contributed by atoms with van der Waals surface area (Å²) in [6.45, 7) is 3.23. The molecule has 0 unspecified atom stereocenters. The van der Waals surface area contributed by atoms with Crippen LogP contribution < -0.4 is 9.64 Å². The van der Waals surface area contributed by atoms with Gasteiger partial charge in [0.1, 0.15) is 22.6 Å². The monoisotopic (exact) mass is 478 g/mol. The fourth-order valence-corrected chi connectivity index (χ4v) is 5.31. The fraction of sp³-hybridized carbons (Fsp3) is 0.440. The predicted molar refractivity (Wildman–Crippen MR) is 132 cm³/mol. The van der Waals surface area contributed by atoms with Crippen molar-refractivity contribution in [1.29, 1.82) is 0 Å². The number of halogens is 1. The number of H-pyrrole nitrogens is 1. The zero-order valence-corrected chi connectivity index (χ0v) is 19.7. The molecule has 4 heterocycles. The molecule has 3 aromatic heterocycles. The first-order valence-electron chi connectivity index (χ1n) is 12.0. The number of fused-ring (bicyclic) bond motifs is 2. The summed E-state index contributed by atoms with van der Waals surface area (Å²) in [5.74, 6) is 2.17. The second-order valence-corrected chi connectivity index (χ2v) is 9.46. The first-order chi connectivity index (χ1) is 16.7. The van der Waals surface area contributed by atoms with Gasteiger partial charge in [0.15, 0.2) is 5.15 Å². The number of aromatic amines is 1. The van der Waals surface area contributed by atoms with Crippen molar-refractivity contribution < 1.29 is 9.47 Å². The molecule has 8 nitrogen and oxygen atoms in total. The zero-order chi connectivity index (χ0) is 22.9. The van der Waals surface area contributed by atoms with Gasteiger partial charge in [-0.25, -0.2) is 15.0 Å². The number of aromatic nitrogens is 5. The van der Waals surface area contributed by atoms with Crippen LogP contribution in [-0.4, -0.2) is 57.3 Å². The lowest BCUT2D eigenvalue weighted by atomic mass is 9.85. The molecule has 34 heavy (non-hydrogen) atoms. The molecule has 1 N–H and O–H groups in total. The van der Waals surface area contributed by atoms with Crippen LogP contribution in [0.5, 0.6) is 5.75 Å². The molecule has 1 aliphatic carbocycles. The van der Waals surface area contributed by atoms with Crippen molar-refractivity contribution in [2.45, 2.75) is 38.2 Å². The van der Waals surface area contributed by atoms with Crippen molar-refractivity contribution in [2.75, 3.05) is 31.2 Å². The summed E-state index contributed by atoms with van der Waals surface area (Å²) in [7, 11) is 0. The van der Waals surface area contributed by atoms with E-state index in [0.717, 1.165) is 97.7 Å². The number of ether oxygens (including phenoxy) is 2. The Labute approximate surface area is 202 Å². The number of anilines is 1. The van der Waals surface area contributed by atoms with E-state index in [4.69, 9.17) is 21.1 Å². The minimum atomic E-state index is 0.165. The number of morpholine rings is 1. The van der Waals surface area contributed by atoms with Crippen molar-refractivity contribution >= 4 is 39.4 Å². The second kappa shape index (κ2) is 9.35. The lowest BCUT2D eigenvalue weighted by molar-refractivity contribution is 0.122. The predicted octanol–water partition coefficient (Wildman–Crippen LogP) is 4.57. The molecule has 0 amide bonds. The average Bonchev–Trinajstić information content (AvgIpc) is 3.35. The lowest BCUT2D eigenvalue weighted by Gasteiger charge is -2.31. The van der Waals surface area contributed by atoms with Gasteiger partial charge in [-0.15, -0.1) is 0 Å². The highest BCUT2D eigenvalue weighted by molar-refractivity contribution is 6.33. The summed E-state index contributed by atoms with van der Waals surface area (Å²) < 4.78 is 12.1. The number of rotatable bonds is 5. The van der Waals surface area contributed by atoms with E-state index in [9.17, 15) is 0 Å². The smallest absolute Gasteiger partial charge is 0.156 e. The van der Waals surface area contributed by atoms with Gasteiger partial charge in [-0.1, -0.05) is 11.6 Å². The number of nitrogens with zero attached hydrogens (tertiary/aromatic N) is 5. The first-order valence-corrected chi connectivity index (χ1v) is 12.3. The third-order valence-corrected chi connectivity index (χ3v) is 7.14. The quantitative estimate of drug-likeness (QED) is 0.420. The molecule has 9 heteroatoms. The molecule has 0 spiro atoms. The highest BCUT2D eigenvalue weighted by Crippen LogP contribution is 2.34. The van der Waals surface area contributed by atoms with E-state index in [1.165, 1.54) is 0 Å². The molecule has 2 aliphatic rings. The summed E-state index contributed by atoms with van der Waals surface area (Å²) in [6.07, 6.45) is 10.5. The molecule has 4 aromatic rings. The molecule has 1 saturated carbocycles. The second-order valence-electron chi connectivity index (χ2n) is 9.10. The topological polar surface area (TPSA) is 89.1 Å². The van der Waals surface area contributed by atoms with E-state index in [0.29, 0.717) is 11.1 Å². The van der Waals surface area contributed by atoms with E-state index in [2.05, 4.69) is 42.0 Å². The summed E-state index contributed by atoms with van der Waals surface area (Å²) >= 11 is 6.33. The standard InChI is InChI=1S/C25H27ClN6O2/c26-25-24-19(5-6-28-24)30-22(31-25)13-16-1-3-18(4-2-16)34-21-15-17(32-9-11-33-12-10-32)14-20-23(21)29-8-7-27-20/h5-8,14-16,18,28H,1-4,9-13H2. The molecule has 1 aromatic carbocycles. The highest BCUT2D eigenvalue weighted by atomic mass is 35.5. The molecule has 1 aliphatic heterocycles. The van der Waals surface area contributed by atoms with Gasteiger partial charge >= 0.3 is 0 Å². The van der Waals surface area contributed by atoms with Gasteiger partial charge in [0, 0.05) is 49.9 Å². The third kappa shape index (κ3) is 4.40. The van der Waals surface area contributed by atoms with Crippen LogP contribution in [0.25, 0.3) is 22.1 Å². The Morgan fingerprint density at radius 2 is 1.85 bits per heavy atom. The van der Waals surface area contributed by atoms with E-state index < -0.39 is 0 Å². The molecule has 0 radical (unpaired) electrons. The summed E-state index contributed by atoms with van der Waals surface area (Å²) in [4.78, 5) is 23.7. The zero-order valence-electron chi connectivity index (χ0n) is 18.9. The first kappa shape index (κ1) is 21.6. The van der Waals surface area contributed by atoms with Gasteiger partial charge in [-0.05, 0) is 43.7 Å². The van der Waals surface area contributed by atoms with Gasteiger partial charge in [0.25, 0.3) is 0 Å². The Bertz CT molecular complexity index is 1300. The number of benzene rings is 1. The Morgan fingerprint density at radius 1 is 1.03 bits per heavy atom. The van der Waals surface area contributed by atoms with Gasteiger partial charge in [-0.3, -0.25) is 4.98 Å². The minimum Gasteiger partial charge on any atom is -0.488 e. The van der Waals surface area contributed by atoms with Crippen molar-refractivity contribution in [2.24, 2.45) is 5.92 Å². The summed E-state index contributed by atoms with van der Waals surface area (Å²) in [5, 5.41) is 0.496. The van der Waals surface area contributed by atoms with E-state index >= 15 is 0 Å². The number of hydrogen-bond acceptors (Lipinski definition) is 7. The molecule has 1 saturated heterocycles. The molecule has 2 fully saturated rings. The molecular formula is C25H27ClN6O2. The largest absolute Gasteiger partial charge is 0.488 e. The maximum absolute atomic E-state index is 6.55. The Hall–Kier alpha value is -2.97. The van der Waals surface area contributed by atoms with Crippen LogP contribution in [0.4, 0.5) is 5.69 Å². The highest BCUT2D eigenvalue weighted by Gasteiger charge is 2.25. The molecular weight excluding hydrogens is 452 g/mol. The molecule has 176 valence electrons. The van der Waals surface area contributed by atoms with Crippen LogP contribution in [0, 0.1) is 5.92 Å². The van der Waals surface area contributed by atoms with Crippen LogP contribution in [0.3, 0.4) is 0 Å². The Balaban J connectivity index is 1.14. The van der Waals surface area contributed by atoms with Gasteiger partial charge in [-0.2, -0.15) is 0 Å². The molecule has 0 bridgehead atoms. The minimum absolute atomic E-state index is 0.165. The van der Waals surface area contributed by atoms with Crippen LogP contribution in [0.2, 0.25) is 5.15 Å². The Kier molecular flexibility index (Phi) is 5.93. The van der Waals surface area contributed by atoms with Crippen molar-refractivity contribution in [3.05, 3.63) is 47.8 Å². The SMILES string of the molecule is Clc1nc(CC2CCC(Oc3cc(N4CCOCC4)cc4nccnc34)CC2)nc2cc[nH]c12. The summed E-state index contributed by atoms with van der Waals surface area (Å²) in [6, 6.07) is 6.16. The average molecular weight is 479 g/mol. The maximum atomic E-state index is 6.55. The number of nitrogens with one attached hydrogen (secondary N) is 1. The molecule has 6 rings (SSSR count). The molecule has 0 atom stereocenters. The van der Waals surface area contributed by atoms with E-state index in [1.807, 2.05) is 12.3 Å². The maximum Gasteiger partial charge on any atom is 0.156 e. The van der Waals surface area contributed by atoms with Crippen molar-refractivity contribution in [1.82, 2.24) is 24.9 Å². The van der Waals surface area contributed by atoms with Crippen molar-refractivity contribution in [3.8, 4) is 5.75 Å². The number of hydrogen-bond donors (Lipinski definition) is 1. The third-order valence-electron chi connectivity index (χ3n) is 6.87. The van der Waals surface area contributed by atoms with Crippen LogP contribution in [0.1, 0.15) is 31.5 Å². The Morgan fingerprint density at radius 3 is 2.71 bits per heavy atom. The van der Waals surface area contributed by atoms with Crippen molar-refractivity contribution in [3.63, 3.8) is 0 Å². The van der Waals surface area contributed by atoms with Gasteiger partial charge in [0.2, 0.25) is 0 Å².